The lowest BCUT2D eigenvalue weighted by atomic mass is 10.0. The maximum Gasteiger partial charge on any atom is 0.573 e. The summed E-state index contributed by atoms with van der Waals surface area (Å²) in [6, 6.07) is 7.02. The van der Waals surface area contributed by atoms with Crippen LogP contribution in [-0.4, -0.2) is 40.3 Å². The Morgan fingerprint density at radius 3 is 2.50 bits per heavy atom. The zero-order valence-corrected chi connectivity index (χ0v) is 19.5. The van der Waals surface area contributed by atoms with Crippen molar-refractivity contribution in [1.29, 1.82) is 0 Å². The minimum absolute atomic E-state index is 0.00812. The Balaban J connectivity index is 2.13. The van der Waals surface area contributed by atoms with Gasteiger partial charge < -0.3 is 25.0 Å². The second-order valence-electron chi connectivity index (χ2n) is 8.04. The molecule has 0 radical (unpaired) electrons. The van der Waals surface area contributed by atoms with Gasteiger partial charge in [-0.15, -0.1) is 13.2 Å². The third kappa shape index (κ3) is 8.26. The maximum atomic E-state index is 12.4. The molecule has 1 aromatic carbocycles. The van der Waals surface area contributed by atoms with E-state index in [4.69, 9.17) is 0 Å². The molecule has 34 heavy (non-hydrogen) atoms. The second kappa shape index (κ2) is 12.3. The van der Waals surface area contributed by atoms with Crippen molar-refractivity contribution in [3.8, 4) is 5.75 Å². The third-order valence-corrected chi connectivity index (χ3v) is 5.13. The largest absolute Gasteiger partial charge is 0.573 e. The number of nitrogens with one attached hydrogen (secondary N) is 2. The number of hydrogen-bond acceptors (Lipinski definition) is 5. The Hall–Kier alpha value is -3.27. The van der Waals surface area contributed by atoms with Crippen LogP contribution in [0.25, 0.3) is 0 Å². The quantitative estimate of drug-likeness (QED) is 0.373. The number of aliphatic hydroxyl groups excluding tert-OH is 1. The number of anilines is 1. The molecule has 1 heterocycles. The van der Waals surface area contributed by atoms with Crippen LogP contribution in [0.4, 0.5) is 24.7 Å². The molecule has 186 valence electrons. The summed E-state index contributed by atoms with van der Waals surface area (Å²) in [7, 11) is 0. The molecule has 1 unspecified atom stereocenters. The highest BCUT2D eigenvalue weighted by Gasteiger charge is 2.31. The predicted molar refractivity (Wildman–Crippen MR) is 126 cm³/mol. The van der Waals surface area contributed by atoms with E-state index >= 15 is 0 Å². The summed E-state index contributed by atoms with van der Waals surface area (Å²) in [6.07, 6.45) is -0.672. The SMILES string of the molecule is C=CNc1c(C(C)=Nc2ccc(OC(F)(F)F)cc2)ccn1CCC(=O)NC(CCO)C(C)C. The van der Waals surface area contributed by atoms with Crippen LogP contribution < -0.4 is 15.4 Å². The van der Waals surface area contributed by atoms with E-state index in [-0.39, 0.29) is 36.6 Å². The monoisotopic (exact) mass is 480 g/mol. The van der Waals surface area contributed by atoms with Gasteiger partial charge in [-0.25, -0.2) is 0 Å². The number of alkyl halides is 3. The molecule has 0 saturated heterocycles. The van der Waals surface area contributed by atoms with Gasteiger partial charge in [0.05, 0.1) is 5.69 Å². The lowest BCUT2D eigenvalue weighted by Gasteiger charge is -2.21. The number of carbonyl (C=O) groups excluding carboxylic acids is 1. The molecule has 0 bridgehead atoms. The van der Waals surface area contributed by atoms with Crippen molar-refractivity contribution >= 4 is 23.1 Å². The van der Waals surface area contributed by atoms with Crippen LogP contribution in [0.15, 0.2) is 54.3 Å². The summed E-state index contributed by atoms with van der Waals surface area (Å²) < 4.78 is 42.8. The molecule has 2 aromatic rings. The van der Waals surface area contributed by atoms with Crippen molar-refractivity contribution in [2.45, 2.75) is 52.6 Å². The predicted octanol–water partition coefficient (Wildman–Crippen LogP) is 5.00. The zero-order chi connectivity index (χ0) is 25.3. The van der Waals surface area contributed by atoms with Gasteiger partial charge in [-0.1, -0.05) is 20.4 Å². The minimum Gasteiger partial charge on any atom is -0.406 e. The van der Waals surface area contributed by atoms with Crippen molar-refractivity contribution in [2.75, 3.05) is 11.9 Å². The molecular weight excluding hydrogens is 449 g/mol. The van der Waals surface area contributed by atoms with Crippen molar-refractivity contribution in [1.82, 2.24) is 9.88 Å². The molecule has 0 aliphatic rings. The first kappa shape index (κ1) is 27.0. The third-order valence-electron chi connectivity index (χ3n) is 5.13. The first-order valence-corrected chi connectivity index (χ1v) is 10.9. The highest BCUT2D eigenvalue weighted by molar-refractivity contribution is 6.04. The topological polar surface area (TPSA) is 87.9 Å². The van der Waals surface area contributed by atoms with E-state index in [0.29, 0.717) is 30.2 Å². The Labute approximate surface area is 197 Å². The molecule has 0 aliphatic carbocycles. The number of carbonyl (C=O) groups is 1. The van der Waals surface area contributed by atoms with Crippen LogP contribution in [0.1, 0.15) is 39.2 Å². The van der Waals surface area contributed by atoms with Gasteiger partial charge in [-0.05, 0) is 55.8 Å². The lowest BCUT2D eigenvalue weighted by molar-refractivity contribution is -0.274. The summed E-state index contributed by atoms with van der Waals surface area (Å²) in [5, 5.41) is 15.2. The zero-order valence-electron chi connectivity index (χ0n) is 19.5. The maximum absolute atomic E-state index is 12.4. The average Bonchev–Trinajstić information content (AvgIpc) is 3.15. The Morgan fingerprint density at radius 2 is 1.94 bits per heavy atom. The Morgan fingerprint density at radius 1 is 1.26 bits per heavy atom. The average molecular weight is 481 g/mol. The van der Waals surface area contributed by atoms with Crippen molar-refractivity contribution in [2.24, 2.45) is 10.9 Å². The number of halogens is 3. The van der Waals surface area contributed by atoms with Crippen molar-refractivity contribution < 1.29 is 27.8 Å². The van der Waals surface area contributed by atoms with Gasteiger partial charge in [0.1, 0.15) is 11.6 Å². The van der Waals surface area contributed by atoms with Gasteiger partial charge >= 0.3 is 6.36 Å². The molecule has 7 nitrogen and oxygen atoms in total. The number of aromatic nitrogens is 1. The van der Waals surface area contributed by atoms with Crippen LogP contribution in [0.3, 0.4) is 0 Å². The molecule has 1 aromatic heterocycles. The summed E-state index contributed by atoms with van der Waals surface area (Å²) in [6.45, 7) is 9.88. The number of aliphatic imine (C=N–C) groups is 1. The van der Waals surface area contributed by atoms with Crippen LogP contribution in [0, 0.1) is 5.92 Å². The summed E-state index contributed by atoms with van der Waals surface area (Å²) in [5.41, 5.74) is 1.85. The molecule has 1 amide bonds. The molecule has 0 fully saturated rings. The molecule has 1 atom stereocenters. The number of aryl methyl sites for hydroxylation is 1. The van der Waals surface area contributed by atoms with Gasteiger partial charge in [0.25, 0.3) is 0 Å². The van der Waals surface area contributed by atoms with Gasteiger partial charge in [0.15, 0.2) is 0 Å². The van der Waals surface area contributed by atoms with Crippen LogP contribution in [-0.2, 0) is 11.3 Å². The van der Waals surface area contributed by atoms with Gasteiger partial charge in [0.2, 0.25) is 5.91 Å². The molecule has 2 rings (SSSR count). The highest BCUT2D eigenvalue weighted by atomic mass is 19.4. The minimum atomic E-state index is -4.75. The number of nitrogens with zero attached hydrogens (tertiary/aromatic N) is 2. The summed E-state index contributed by atoms with van der Waals surface area (Å²) in [4.78, 5) is 16.9. The summed E-state index contributed by atoms with van der Waals surface area (Å²) in [5.74, 6) is 0.469. The van der Waals surface area contributed by atoms with E-state index < -0.39 is 6.36 Å². The van der Waals surface area contributed by atoms with Crippen LogP contribution >= 0.6 is 0 Å². The number of amides is 1. The first-order valence-electron chi connectivity index (χ1n) is 10.9. The van der Waals surface area contributed by atoms with E-state index in [2.05, 4.69) is 26.9 Å². The fourth-order valence-corrected chi connectivity index (χ4v) is 3.40. The lowest BCUT2D eigenvalue weighted by Crippen LogP contribution is -2.39. The number of rotatable bonds is 12. The molecule has 10 heteroatoms. The van der Waals surface area contributed by atoms with E-state index in [1.54, 1.807) is 6.92 Å². The van der Waals surface area contributed by atoms with E-state index in [1.165, 1.54) is 30.5 Å². The van der Waals surface area contributed by atoms with Crippen LogP contribution in [0.2, 0.25) is 0 Å². The van der Waals surface area contributed by atoms with Gasteiger partial charge in [-0.3, -0.25) is 9.79 Å². The number of benzene rings is 1. The normalized spacial score (nSPS) is 13.0. The standard InChI is InChI=1S/C24H31F3N4O3/c1-5-28-23-20(17(4)29-18-6-8-19(9-7-18)34-24(25,26)27)10-13-31(23)14-11-22(33)30-21(12-15-32)16(2)3/h5-10,13,16,21,28,32H,1,11-12,14-15H2,2-4H3,(H,30,33). The molecule has 0 spiro atoms. The van der Waals surface area contributed by atoms with Gasteiger partial charge in [0, 0.05) is 43.1 Å². The van der Waals surface area contributed by atoms with Crippen LogP contribution in [0.5, 0.6) is 5.75 Å². The van der Waals surface area contributed by atoms with Crippen molar-refractivity contribution in [3.05, 3.63) is 54.9 Å². The Kier molecular flexibility index (Phi) is 9.73. The van der Waals surface area contributed by atoms with E-state index in [9.17, 15) is 23.1 Å². The van der Waals surface area contributed by atoms with E-state index in [1.807, 2.05) is 30.7 Å². The first-order chi connectivity index (χ1) is 16.0. The number of hydrogen-bond donors (Lipinski definition) is 3. The smallest absolute Gasteiger partial charge is 0.406 e. The fourth-order valence-electron chi connectivity index (χ4n) is 3.40. The summed E-state index contributed by atoms with van der Waals surface area (Å²) >= 11 is 0. The molecule has 3 N–H and O–H groups in total. The second-order valence-corrected chi connectivity index (χ2v) is 8.04. The van der Waals surface area contributed by atoms with Gasteiger partial charge in [-0.2, -0.15) is 0 Å². The number of aliphatic hydroxyl groups is 1. The Bertz CT molecular complexity index is 982. The fraction of sp³-hybridized carbons (Fsp3) is 0.417. The highest BCUT2D eigenvalue weighted by Crippen LogP contribution is 2.26. The number of ether oxygens (including phenoxy) is 1. The molecule has 0 saturated carbocycles. The molecular formula is C24H31F3N4O3. The molecule has 0 aliphatic heterocycles. The van der Waals surface area contributed by atoms with E-state index in [0.717, 1.165) is 5.56 Å². The van der Waals surface area contributed by atoms with Crippen molar-refractivity contribution in [3.63, 3.8) is 0 Å².